The molecule has 2 N–H and O–H groups in total. The predicted molar refractivity (Wildman–Crippen MR) is 79.8 cm³/mol. The topological polar surface area (TPSA) is 122 Å². The summed E-state index contributed by atoms with van der Waals surface area (Å²) >= 11 is 0. The molecular formula is C14H15N3O6. The fourth-order valence-electron chi connectivity index (χ4n) is 2.09. The van der Waals surface area contributed by atoms with E-state index < -0.39 is 16.7 Å². The number of hydrogen-bond acceptors (Lipinski definition) is 7. The number of carbonyl (C=O) groups excluding carboxylic acids is 2. The molecule has 9 nitrogen and oxygen atoms in total. The average Bonchev–Trinajstić information content (AvgIpc) is 2.75. The molecule has 2 amide bonds. The Bertz CT molecular complexity index is 685. The van der Waals surface area contributed by atoms with Gasteiger partial charge in [-0.05, 0) is 13.0 Å². The van der Waals surface area contributed by atoms with Crippen molar-refractivity contribution in [1.29, 1.82) is 0 Å². The maximum Gasteiger partial charge on any atom is 0.292 e. The van der Waals surface area contributed by atoms with Gasteiger partial charge in [0.15, 0.2) is 0 Å². The zero-order valence-corrected chi connectivity index (χ0v) is 12.3. The highest BCUT2D eigenvalue weighted by Crippen LogP contribution is 2.31. The minimum absolute atomic E-state index is 0.0409. The number of imide groups is 1. The standard InChI is InChI=1S/C14H15N3O6/c1-2-23-9-3-4-12(17(21)22)10(7-9)15-11-8-13(19)16(5-6-18)14(11)20/h3-4,7-8,15,18H,2,5-6H2,1H3. The van der Waals surface area contributed by atoms with Gasteiger partial charge in [0.25, 0.3) is 17.5 Å². The molecule has 9 heteroatoms. The van der Waals surface area contributed by atoms with Crippen LogP contribution in [0.3, 0.4) is 0 Å². The molecule has 0 aliphatic carbocycles. The Hall–Kier alpha value is -2.94. The number of anilines is 1. The van der Waals surface area contributed by atoms with Crippen LogP contribution in [-0.2, 0) is 9.59 Å². The van der Waals surface area contributed by atoms with Crippen LogP contribution < -0.4 is 10.1 Å². The molecule has 1 heterocycles. The largest absolute Gasteiger partial charge is 0.494 e. The van der Waals surface area contributed by atoms with Crippen molar-refractivity contribution in [3.63, 3.8) is 0 Å². The van der Waals surface area contributed by atoms with Gasteiger partial charge < -0.3 is 15.2 Å². The number of hydrogen-bond donors (Lipinski definition) is 2. The molecule has 1 aromatic rings. The third-order valence-electron chi connectivity index (χ3n) is 3.08. The Morgan fingerprint density at radius 2 is 2.13 bits per heavy atom. The van der Waals surface area contributed by atoms with Gasteiger partial charge in [-0.15, -0.1) is 0 Å². The lowest BCUT2D eigenvalue weighted by atomic mass is 10.2. The summed E-state index contributed by atoms with van der Waals surface area (Å²) in [6.07, 6.45) is 1.04. The summed E-state index contributed by atoms with van der Waals surface area (Å²) in [6.45, 7) is 1.64. The van der Waals surface area contributed by atoms with Gasteiger partial charge in [-0.25, -0.2) is 0 Å². The number of carbonyl (C=O) groups is 2. The smallest absolute Gasteiger partial charge is 0.292 e. The third kappa shape index (κ3) is 3.46. The molecule has 23 heavy (non-hydrogen) atoms. The number of amides is 2. The van der Waals surface area contributed by atoms with Crippen molar-refractivity contribution in [1.82, 2.24) is 4.90 Å². The van der Waals surface area contributed by atoms with Crippen LogP contribution in [0.1, 0.15) is 6.92 Å². The number of nitro groups is 1. The minimum atomic E-state index is -0.653. The van der Waals surface area contributed by atoms with Gasteiger partial charge in [0, 0.05) is 18.2 Å². The summed E-state index contributed by atoms with van der Waals surface area (Å²) in [5.74, 6) is -0.847. The molecule has 0 saturated heterocycles. The third-order valence-corrected chi connectivity index (χ3v) is 3.08. The second kappa shape index (κ2) is 6.88. The summed E-state index contributed by atoms with van der Waals surface area (Å²) in [6, 6.07) is 4.08. The Morgan fingerprint density at radius 1 is 1.39 bits per heavy atom. The fourth-order valence-corrected chi connectivity index (χ4v) is 2.09. The first-order valence-corrected chi connectivity index (χ1v) is 6.84. The highest BCUT2D eigenvalue weighted by molar-refractivity contribution is 6.17. The van der Waals surface area contributed by atoms with Crippen LogP contribution >= 0.6 is 0 Å². The Kier molecular flexibility index (Phi) is 4.91. The van der Waals surface area contributed by atoms with E-state index in [2.05, 4.69) is 5.32 Å². The van der Waals surface area contributed by atoms with E-state index >= 15 is 0 Å². The number of ether oxygens (including phenoxy) is 1. The number of aliphatic hydroxyl groups excluding tert-OH is 1. The lowest BCUT2D eigenvalue weighted by Crippen LogP contribution is -2.34. The maximum atomic E-state index is 12.1. The summed E-state index contributed by atoms with van der Waals surface area (Å²) in [4.78, 5) is 35.1. The van der Waals surface area contributed by atoms with Crippen molar-refractivity contribution >= 4 is 23.2 Å². The highest BCUT2D eigenvalue weighted by Gasteiger charge is 2.31. The SMILES string of the molecule is CCOc1ccc([N+](=O)[O-])c(NC2=CC(=O)N(CCO)C2=O)c1. The van der Waals surface area contributed by atoms with Crippen LogP contribution in [0.15, 0.2) is 30.0 Å². The zero-order chi connectivity index (χ0) is 17.0. The van der Waals surface area contributed by atoms with Crippen molar-refractivity contribution in [2.24, 2.45) is 0 Å². The van der Waals surface area contributed by atoms with E-state index in [1.54, 1.807) is 6.92 Å². The second-order valence-electron chi connectivity index (χ2n) is 4.57. The number of nitrogens with zero attached hydrogens (tertiary/aromatic N) is 2. The first-order valence-electron chi connectivity index (χ1n) is 6.84. The molecule has 0 aromatic heterocycles. The van der Waals surface area contributed by atoms with E-state index in [0.717, 1.165) is 11.0 Å². The molecule has 0 saturated carbocycles. The van der Waals surface area contributed by atoms with Gasteiger partial charge >= 0.3 is 0 Å². The number of nitro benzene ring substituents is 1. The van der Waals surface area contributed by atoms with Gasteiger partial charge in [-0.3, -0.25) is 24.6 Å². The van der Waals surface area contributed by atoms with Crippen LogP contribution in [0.5, 0.6) is 5.75 Å². The molecule has 0 fully saturated rings. The Labute approximate surface area is 131 Å². The number of rotatable bonds is 7. The van der Waals surface area contributed by atoms with Crippen LogP contribution in [0.25, 0.3) is 0 Å². The van der Waals surface area contributed by atoms with Crippen molar-refractivity contribution in [2.45, 2.75) is 6.92 Å². The molecule has 1 aliphatic heterocycles. The van der Waals surface area contributed by atoms with E-state index in [1.165, 1.54) is 18.2 Å². The predicted octanol–water partition coefficient (Wildman–Crippen LogP) is 0.650. The van der Waals surface area contributed by atoms with Crippen LogP contribution in [0.4, 0.5) is 11.4 Å². The van der Waals surface area contributed by atoms with Crippen LogP contribution in [-0.4, -0.2) is 46.5 Å². The molecule has 1 aliphatic rings. The van der Waals surface area contributed by atoms with Gasteiger partial charge in [-0.1, -0.05) is 0 Å². The zero-order valence-electron chi connectivity index (χ0n) is 12.3. The normalized spacial score (nSPS) is 14.0. The lowest BCUT2D eigenvalue weighted by Gasteiger charge is -2.14. The van der Waals surface area contributed by atoms with Crippen LogP contribution in [0, 0.1) is 10.1 Å². The van der Waals surface area contributed by atoms with E-state index in [4.69, 9.17) is 9.84 Å². The van der Waals surface area contributed by atoms with Crippen molar-refractivity contribution in [3.8, 4) is 5.75 Å². The second-order valence-corrected chi connectivity index (χ2v) is 4.57. The summed E-state index contributed by atoms with van der Waals surface area (Å²) < 4.78 is 5.28. The Morgan fingerprint density at radius 3 is 2.74 bits per heavy atom. The molecule has 0 bridgehead atoms. The first kappa shape index (κ1) is 16.4. The molecule has 122 valence electrons. The molecule has 1 aromatic carbocycles. The van der Waals surface area contributed by atoms with Gasteiger partial charge in [-0.2, -0.15) is 0 Å². The molecular weight excluding hydrogens is 306 g/mol. The summed E-state index contributed by atoms with van der Waals surface area (Å²) in [5, 5.41) is 22.5. The van der Waals surface area contributed by atoms with Gasteiger partial charge in [0.1, 0.15) is 17.1 Å². The Balaban J connectivity index is 2.30. The highest BCUT2D eigenvalue weighted by atomic mass is 16.6. The number of aliphatic hydroxyl groups is 1. The van der Waals surface area contributed by atoms with Crippen molar-refractivity contribution in [3.05, 3.63) is 40.1 Å². The molecule has 0 spiro atoms. The van der Waals surface area contributed by atoms with E-state index in [9.17, 15) is 19.7 Å². The maximum absolute atomic E-state index is 12.1. The number of nitrogens with one attached hydrogen (secondary N) is 1. The molecule has 2 rings (SSSR count). The van der Waals surface area contributed by atoms with E-state index in [-0.39, 0.29) is 30.2 Å². The average molecular weight is 321 g/mol. The molecule has 0 unspecified atom stereocenters. The van der Waals surface area contributed by atoms with Gasteiger partial charge in [0.05, 0.1) is 24.7 Å². The van der Waals surface area contributed by atoms with E-state index in [0.29, 0.717) is 12.4 Å². The summed E-state index contributed by atoms with van der Waals surface area (Å²) in [7, 11) is 0. The number of benzene rings is 1. The lowest BCUT2D eigenvalue weighted by molar-refractivity contribution is -0.383. The quantitative estimate of drug-likeness (QED) is 0.429. The first-order chi connectivity index (χ1) is 11.0. The molecule has 0 atom stereocenters. The van der Waals surface area contributed by atoms with Crippen molar-refractivity contribution < 1.29 is 24.4 Å². The minimum Gasteiger partial charge on any atom is -0.494 e. The number of β-amino-alcohol motifs (C(OH)–C–C–N with tert-alkyl or cyclic N) is 1. The monoisotopic (exact) mass is 321 g/mol. The van der Waals surface area contributed by atoms with Gasteiger partial charge in [0.2, 0.25) is 0 Å². The van der Waals surface area contributed by atoms with E-state index in [1.807, 2.05) is 0 Å². The molecule has 0 radical (unpaired) electrons. The summed E-state index contributed by atoms with van der Waals surface area (Å²) in [5.41, 5.74) is -0.311. The fraction of sp³-hybridized carbons (Fsp3) is 0.286. The van der Waals surface area contributed by atoms with Crippen LogP contribution in [0.2, 0.25) is 0 Å². The van der Waals surface area contributed by atoms with Crippen molar-refractivity contribution in [2.75, 3.05) is 25.1 Å².